The molecule has 144 valence electrons. The van der Waals surface area contributed by atoms with E-state index in [9.17, 15) is 9.18 Å². The first-order valence-electron chi connectivity index (χ1n) is 9.72. The third-order valence-electron chi connectivity index (χ3n) is 5.48. The van der Waals surface area contributed by atoms with Gasteiger partial charge in [0, 0.05) is 39.3 Å². The number of hydrogen-bond acceptors (Lipinski definition) is 5. The fraction of sp³-hybridized carbons (Fsp3) is 0.579. The maximum absolute atomic E-state index is 13.4. The average molecular weight is 372 g/mol. The number of nitrogens with zero attached hydrogens (tertiary/aromatic N) is 6. The molecular formula is C19H25FN6O. The number of rotatable bonds is 3. The lowest BCUT2D eigenvalue weighted by Gasteiger charge is -2.25. The van der Waals surface area contributed by atoms with E-state index in [1.54, 1.807) is 16.8 Å². The third kappa shape index (κ3) is 4.16. The maximum atomic E-state index is 13.4. The molecule has 0 bridgehead atoms. The molecule has 2 aromatic rings. The Kier molecular flexibility index (Phi) is 5.42. The van der Waals surface area contributed by atoms with Crippen molar-refractivity contribution in [3.63, 3.8) is 0 Å². The van der Waals surface area contributed by atoms with Crippen molar-refractivity contribution in [1.82, 2.24) is 30.0 Å². The van der Waals surface area contributed by atoms with Crippen LogP contribution in [-0.2, 0) is 17.9 Å². The largest absolute Gasteiger partial charge is 0.341 e. The van der Waals surface area contributed by atoms with E-state index in [0.29, 0.717) is 18.9 Å². The van der Waals surface area contributed by atoms with Crippen molar-refractivity contribution in [2.75, 3.05) is 26.2 Å². The Morgan fingerprint density at radius 2 is 2.04 bits per heavy atom. The monoisotopic (exact) mass is 372 g/mol. The SMILES string of the molecule is O=C(C1CCCCn2nnnc21)N1CCCN(Cc2cccc(F)c2)CC1. The zero-order valence-corrected chi connectivity index (χ0v) is 15.4. The molecule has 4 rings (SSSR count). The fourth-order valence-electron chi connectivity index (χ4n) is 4.06. The van der Waals surface area contributed by atoms with Crippen LogP contribution in [0.1, 0.15) is 43.0 Å². The molecule has 0 spiro atoms. The van der Waals surface area contributed by atoms with Crippen LogP contribution in [0.3, 0.4) is 0 Å². The van der Waals surface area contributed by atoms with Crippen molar-refractivity contribution in [2.45, 2.75) is 44.7 Å². The number of aryl methyl sites for hydroxylation is 1. The van der Waals surface area contributed by atoms with E-state index in [1.807, 2.05) is 11.0 Å². The highest BCUT2D eigenvalue weighted by molar-refractivity contribution is 5.83. The topological polar surface area (TPSA) is 67.2 Å². The molecule has 7 nitrogen and oxygen atoms in total. The van der Waals surface area contributed by atoms with Gasteiger partial charge < -0.3 is 4.90 Å². The molecule has 3 heterocycles. The third-order valence-corrected chi connectivity index (χ3v) is 5.48. The summed E-state index contributed by atoms with van der Waals surface area (Å²) in [7, 11) is 0. The summed E-state index contributed by atoms with van der Waals surface area (Å²) in [5.74, 6) is 0.404. The van der Waals surface area contributed by atoms with Crippen LogP contribution in [0.2, 0.25) is 0 Å². The Hall–Kier alpha value is -2.35. The Balaban J connectivity index is 1.40. The molecule has 1 amide bonds. The van der Waals surface area contributed by atoms with Gasteiger partial charge in [-0.3, -0.25) is 9.69 Å². The molecule has 2 aliphatic rings. The van der Waals surface area contributed by atoms with Crippen LogP contribution in [-0.4, -0.2) is 62.1 Å². The van der Waals surface area contributed by atoms with Crippen LogP contribution in [0.4, 0.5) is 4.39 Å². The Labute approximate surface area is 158 Å². The molecule has 0 aliphatic carbocycles. The smallest absolute Gasteiger partial charge is 0.233 e. The van der Waals surface area contributed by atoms with Crippen molar-refractivity contribution in [3.8, 4) is 0 Å². The Morgan fingerprint density at radius 1 is 1.11 bits per heavy atom. The van der Waals surface area contributed by atoms with Crippen molar-refractivity contribution in [3.05, 3.63) is 41.5 Å². The first kappa shape index (κ1) is 18.0. The minimum Gasteiger partial charge on any atom is -0.341 e. The van der Waals surface area contributed by atoms with Crippen molar-refractivity contribution in [2.24, 2.45) is 0 Å². The number of fused-ring (bicyclic) bond motifs is 1. The van der Waals surface area contributed by atoms with E-state index in [0.717, 1.165) is 57.4 Å². The van der Waals surface area contributed by atoms with Crippen LogP contribution in [0, 0.1) is 5.82 Å². The standard InChI is InChI=1S/C19H25FN6O/c20-16-6-3-5-15(13-16)14-24-8-4-9-25(12-11-24)19(27)17-7-1-2-10-26-18(17)21-22-23-26/h3,5-6,13,17H,1-2,4,7-12,14H2. The molecule has 27 heavy (non-hydrogen) atoms. The van der Waals surface area contributed by atoms with Crippen LogP contribution in [0.25, 0.3) is 0 Å². The first-order valence-corrected chi connectivity index (χ1v) is 9.72. The number of tetrazole rings is 1. The number of carbonyl (C=O) groups is 1. The van der Waals surface area contributed by atoms with Gasteiger partial charge >= 0.3 is 0 Å². The zero-order valence-electron chi connectivity index (χ0n) is 15.4. The van der Waals surface area contributed by atoms with Crippen LogP contribution in [0.15, 0.2) is 24.3 Å². The zero-order chi connectivity index (χ0) is 18.6. The van der Waals surface area contributed by atoms with Gasteiger partial charge in [0.1, 0.15) is 5.82 Å². The van der Waals surface area contributed by atoms with Gasteiger partial charge in [0.2, 0.25) is 5.91 Å². The summed E-state index contributed by atoms with van der Waals surface area (Å²) in [6.07, 6.45) is 3.73. The first-order chi connectivity index (χ1) is 13.2. The molecule has 1 atom stereocenters. The van der Waals surface area contributed by atoms with Crippen molar-refractivity contribution in [1.29, 1.82) is 0 Å². The van der Waals surface area contributed by atoms with Gasteiger partial charge in [-0.15, -0.1) is 5.10 Å². The van der Waals surface area contributed by atoms with E-state index >= 15 is 0 Å². The lowest BCUT2D eigenvalue weighted by atomic mass is 10.0. The maximum Gasteiger partial charge on any atom is 0.233 e. The van der Waals surface area contributed by atoms with Crippen molar-refractivity contribution < 1.29 is 9.18 Å². The summed E-state index contributed by atoms with van der Waals surface area (Å²) in [6.45, 7) is 4.63. The number of halogens is 1. The Bertz CT molecular complexity index is 794. The number of amides is 1. The van der Waals surface area contributed by atoms with Crippen molar-refractivity contribution >= 4 is 5.91 Å². The minimum absolute atomic E-state index is 0.139. The van der Waals surface area contributed by atoms with E-state index in [-0.39, 0.29) is 17.6 Å². The normalized spacial score (nSPS) is 21.4. The van der Waals surface area contributed by atoms with Gasteiger partial charge in [0.05, 0.1) is 5.92 Å². The summed E-state index contributed by atoms with van der Waals surface area (Å²) >= 11 is 0. The highest BCUT2D eigenvalue weighted by atomic mass is 19.1. The van der Waals surface area contributed by atoms with Crippen LogP contribution in [0.5, 0.6) is 0 Å². The summed E-state index contributed by atoms with van der Waals surface area (Å²) in [5, 5.41) is 11.9. The Morgan fingerprint density at radius 3 is 2.93 bits per heavy atom. The summed E-state index contributed by atoms with van der Waals surface area (Å²) in [6, 6.07) is 6.74. The lowest BCUT2D eigenvalue weighted by molar-refractivity contribution is -0.133. The number of carbonyl (C=O) groups excluding carboxylic acids is 1. The quantitative estimate of drug-likeness (QED) is 0.822. The van der Waals surface area contributed by atoms with Gasteiger partial charge in [-0.25, -0.2) is 9.07 Å². The second-order valence-corrected chi connectivity index (χ2v) is 7.39. The minimum atomic E-state index is -0.239. The van der Waals surface area contributed by atoms with Gasteiger partial charge in [0.15, 0.2) is 5.82 Å². The summed E-state index contributed by atoms with van der Waals surface area (Å²) in [4.78, 5) is 17.4. The van der Waals surface area contributed by atoms with Gasteiger partial charge in [-0.2, -0.15) is 0 Å². The predicted molar refractivity (Wildman–Crippen MR) is 97.3 cm³/mol. The van der Waals surface area contributed by atoms with E-state index in [2.05, 4.69) is 20.4 Å². The predicted octanol–water partition coefficient (Wildman–Crippen LogP) is 1.81. The second-order valence-electron chi connectivity index (χ2n) is 7.39. The molecule has 8 heteroatoms. The molecule has 2 aliphatic heterocycles. The van der Waals surface area contributed by atoms with E-state index < -0.39 is 0 Å². The summed E-state index contributed by atoms with van der Waals surface area (Å²) in [5.41, 5.74) is 0.970. The highest BCUT2D eigenvalue weighted by Gasteiger charge is 2.32. The molecule has 1 unspecified atom stereocenters. The molecule has 0 N–H and O–H groups in total. The van der Waals surface area contributed by atoms with Crippen LogP contribution < -0.4 is 0 Å². The summed E-state index contributed by atoms with van der Waals surface area (Å²) < 4.78 is 15.2. The molecule has 0 saturated carbocycles. The van der Waals surface area contributed by atoms with Gasteiger partial charge in [-0.1, -0.05) is 18.6 Å². The molecule has 1 fully saturated rings. The highest BCUT2D eigenvalue weighted by Crippen LogP contribution is 2.26. The number of benzene rings is 1. The number of hydrogen-bond donors (Lipinski definition) is 0. The molecule has 1 saturated heterocycles. The lowest BCUT2D eigenvalue weighted by Crippen LogP contribution is -2.38. The van der Waals surface area contributed by atoms with Crippen LogP contribution >= 0.6 is 0 Å². The molecular weight excluding hydrogens is 347 g/mol. The molecule has 0 radical (unpaired) electrons. The second kappa shape index (κ2) is 8.12. The van der Waals surface area contributed by atoms with E-state index in [1.165, 1.54) is 6.07 Å². The molecule has 1 aromatic carbocycles. The van der Waals surface area contributed by atoms with Gasteiger partial charge in [-0.05, 0) is 47.4 Å². The number of aromatic nitrogens is 4. The average Bonchev–Trinajstić information content (AvgIpc) is 2.87. The van der Waals surface area contributed by atoms with E-state index in [4.69, 9.17) is 0 Å². The van der Waals surface area contributed by atoms with Gasteiger partial charge in [0.25, 0.3) is 0 Å². The molecule has 1 aromatic heterocycles. The fourth-order valence-corrected chi connectivity index (χ4v) is 4.06.